The number of azo groups is 1. The summed E-state index contributed by atoms with van der Waals surface area (Å²) >= 11 is 0. The Kier molecular flexibility index (Phi) is 3.85. The van der Waals surface area contributed by atoms with Gasteiger partial charge in [0.1, 0.15) is 12.3 Å². The molecule has 0 atom stereocenters. The average molecular weight is 274 g/mol. The molecule has 0 aliphatic rings. The number of pyridine rings is 1. The van der Waals surface area contributed by atoms with E-state index in [-0.39, 0.29) is 23.7 Å². The van der Waals surface area contributed by atoms with Gasteiger partial charge in [-0.05, 0) is 17.7 Å². The van der Waals surface area contributed by atoms with Crippen LogP contribution in [0.15, 0.2) is 46.8 Å². The third-order valence-corrected chi connectivity index (χ3v) is 2.46. The Hall–Kier alpha value is -3.03. The van der Waals surface area contributed by atoms with E-state index in [4.69, 9.17) is 5.11 Å². The molecule has 0 aliphatic heterocycles. The molecule has 20 heavy (non-hydrogen) atoms. The summed E-state index contributed by atoms with van der Waals surface area (Å²) in [6.45, 7) is 0.0595. The van der Waals surface area contributed by atoms with Crippen LogP contribution < -0.4 is 10.1 Å². The van der Waals surface area contributed by atoms with Crippen molar-refractivity contribution in [1.82, 2.24) is 0 Å². The second-order valence-electron chi connectivity index (χ2n) is 3.88. The predicted molar refractivity (Wildman–Crippen MR) is 65.4 cm³/mol. The third kappa shape index (κ3) is 3.25. The summed E-state index contributed by atoms with van der Waals surface area (Å²) in [5.74, 6) is -0.0853. The zero-order chi connectivity index (χ0) is 14.5. The van der Waals surface area contributed by atoms with Crippen molar-refractivity contribution >= 4 is 11.5 Å². The van der Waals surface area contributed by atoms with Gasteiger partial charge in [-0.3, -0.25) is 10.1 Å². The van der Waals surface area contributed by atoms with Gasteiger partial charge in [-0.2, -0.15) is 0 Å². The van der Waals surface area contributed by atoms with E-state index in [1.807, 2.05) is 0 Å². The second-order valence-corrected chi connectivity index (χ2v) is 3.88. The molecule has 2 rings (SSSR count). The summed E-state index contributed by atoms with van der Waals surface area (Å²) in [5, 5.41) is 38.6. The van der Waals surface area contributed by atoms with Crippen LogP contribution in [0.25, 0.3) is 0 Å². The van der Waals surface area contributed by atoms with Gasteiger partial charge in [0, 0.05) is 12.1 Å². The SMILES string of the molecule is O=[N+]([O-])c1ccc(N=NCc2ccc(O)cc2[O-])[nH+]c1. The van der Waals surface area contributed by atoms with Crippen LogP contribution in [-0.4, -0.2) is 10.0 Å². The van der Waals surface area contributed by atoms with Crippen molar-refractivity contribution < 1.29 is 20.1 Å². The number of phenols is 1. The molecule has 2 aromatic rings. The van der Waals surface area contributed by atoms with Crippen molar-refractivity contribution in [3.8, 4) is 11.5 Å². The number of hydrogen-bond donors (Lipinski definition) is 1. The van der Waals surface area contributed by atoms with E-state index >= 15 is 0 Å². The van der Waals surface area contributed by atoms with Gasteiger partial charge in [0.25, 0.3) is 0 Å². The first-order valence-electron chi connectivity index (χ1n) is 5.59. The maximum atomic E-state index is 11.5. The molecule has 1 aromatic carbocycles. The highest BCUT2D eigenvalue weighted by Gasteiger charge is 2.09. The van der Waals surface area contributed by atoms with Crippen molar-refractivity contribution in [3.05, 3.63) is 52.2 Å². The fourth-order valence-electron chi connectivity index (χ4n) is 1.45. The van der Waals surface area contributed by atoms with E-state index in [0.29, 0.717) is 11.4 Å². The lowest BCUT2D eigenvalue weighted by atomic mass is 10.2. The van der Waals surface area contributed by atoms with Crippen LogP contribution in [0.2, 0.25) is 0 Å². The molecule has 0 spiro atoms. The monoisotopic (exact) mass is 274 g/mol. The summed E-state index contributed by atoms with van der Waals surface area (Å²) in [6.07, 6.45) is 1.20. The zero-order valence-corrected chi connectivity index (χ0v) is 10.2. The Bertz CT molecular complexity index is 655. The highest BCUT2D eigenvalue weighted by molar-refractivity contribution is 5.38. The number of H-pyrrole nitrogens is 1. The van der Waals surface area contributed by atoms with E-state index < -0.39 is 4.92 Å². The van der Waals surface area contributed by atoms with E-state index in [0.717, 1.165) is 6.07 Å². The zero-order valence-electron chi connectivity index (χ0n) is 10.2. The number of phenolic OH excluding ortho intramolecular Hbond substituents is 1. The van der Waals surface area contributed by atoms with Crippen LogP contribution in [0.5, 0.6) is 11.5 Å². The molecular formula is C12H10N4O4. The molecule has 0 fully saturated rings. The topological polar surface area (TPSA) is 125 Å². The Morgan fingerprint density at radius 3 is 2.70 bits per heavy atom. The van der Waals surface area contributed by atoms with Gasteiger partial charge >= 0.3 is 11.5 Å². The Morgan fingerprint density at radius 1 is 1.30 bits per heavy atom. The lowest BCUT2D eigenvalue weighted by molar-refractivity contribution is -0.414. The van der Waals surface area contributed by atoms with Crippen LogP contribution in [0.4, 0.5) is 11.5 Å². The number of nitrogens with zero attached hydrogens (tertiary/aromatic N) is 3. The van der Waals surface area contributed by atoms with E-state index in [1.165, 1.54) is 30.5 Å². The van der Waals surface area contributed by atoms with Crippen molar-refractivity contribution in [3.63, 3.8) is 0 Å². The molecule has 8 nitrogen and oxygen atoms in total. The molecule has 0 saturated heterocycles. The van der Waals surface area contributed by atoms with Gasteiger partial charge in [-0.1, -0.05) is 11.2 Å². The molecule has 0 aliphatic carbocycles. The maximum absolute atomic E-state index is 11.5. The fraction of sp³-hybridized carbons (Fsp3) is 0.0833. The molecule has 2 N–H and O–H groups in total. The van der Waals surface area contributed by atoms with Gasteiger partial charge < -0.3 is 10.2 Å². The molecule has 8 heteroatoms. The predicted octanol–water partition coefficient (Wildman–Crippen LogP) is 1.47. The standard InChI is InChI=1S/C12H10N4O4/c17-10-3-1-8(11(18)5-10)6-14-15-12-4-2-9(7-13-12)16(19)20/h1-5,7,17-18H,6H2. The van der Waals surface area contributed by atoms with Crippen molar-refractivity contribution in [2.75, 3.05) is 0 Å². The first kappa shape index (κ1) is 13.4. The van der Waals surface area contributed by atoms with Gasteiger partial charge in [-0.15, -0.1) is 5.75 Å². The third-order valence-electron chi connectivity index (χ3n) is 2.46. The fourth-order valence-corrected chi connectivity index (χ4v) is 1.45. The highest BCUT2D eigenvalue weighted by Crippen LogP contribution is 2.21. The maximum Gasteiger partial charge on any atom is 0.348 e. The summed E-state index contributed by atoms with van der Waals surface area (Å²) in [7, 11) is 0. The summed E-state index contributed by atoms with van der Waals surface area (Å²) < 4.78 is 0. The van der Waals surface area contributed by atoms with Crippen molar-refractivity contribution in [2.45, 2.75) is 6.54 Å². The summed E-state index contributed by atoms with van der Waals surface area (Å²) in [4.78, 5) is 12.5. The molecule has 102 valence electrons. The molecule has 1 aromatic heterocycles. The van der Waals surface area contributed by atoms with Crippen LogP contribution >= 0.6 is 0 Å². The second kappa shape index (κ2) is 5.74. The molecular weight excluding hydrogens is 264 g/mol. The summed E-state index contributed by atoms with van der Waals surface area (Å²) in [6, 6.07) is 6.67. The van der Waals surface area contributed by atoms with Crippen LogP contribution in [0.1, 0.15) is 5.56 Å². The largest absolute Gasteiger partial charge is 0.872 e. The number of benzene rings is 1. The minimum Gasteiger partial charge on any atom is -0.872 e. The number of hydrogen-bond acceptors (Lipinski definition) is 6. The lowest BCUT2D eigenvalue weighted by Gasteiger charge is -2.09. The highest BCUT2D eigenvalue weighted by atomic mass is 16.6. The lowest BCUT2D eigenvalue weighted by Crippen LogP contribution is -2.03. The number of aromatic amines is 1. The molecule has 0 radical (unpaired) electrons. The van der Waals surface area contributed by atoms with Crippen molar-refractivity contribution in [2.24, 2.45) is 10.2 Å². The molecule has 0 unspecified atom stereocenters. The average Bonchev–Trinajstić information content (AvgIpc) is 2.42. The number of aromatic hydroxyl groups is 1. The van der Waals surface area contributed by atoms with Crippen molar-refractivity contribution in [1.29, 1.82) is 0 Å². The number of nitro groups is 1. The van der Waals surface area contributed by atoms with Gasteiger partial charge in [0.05, 0.1) is 10.0 Å². The molecule has 1 heterocycles. The van der Waals surface area contributed by atoms with Gasteiger partial charge in [0.2, 0.25) is 0 Å². The van der Waals surface area contributed by atoms with Gasteiger partial charge in [0.15, 0.2) is 6.20 Å². The minimum atomic E-state index is -0.530. The van der Waals surface area contributed by atoms with E-state index in [9.17, 15) is 15.2 Å². The van der Waals surface area contributed by atoms with Crippen LogP contribution in [0, 0.1) is 10.1 Å². The molecule has 0 amide bonds. The minimum absolute atomic E-state index is 0.0595. The van der Waals surface area contributed by atoms with E-state index in [1.54, 1.807) is 0 Å². The van der Waals surface area contributed by atoms with Crippen LogP contribution in [-0.2, 0) is 6.54 Å². The first-order valence-corrected chi connectivity index (χ1v) is 5.59. The Balaban J connectivity index is 2.04. The summed E-state index contributed by atoms with van der Waals surface area (Å²) in [5.41, 5.74) is 0.317. The quantitative estimate of drug-likeness (QED) is 0.514. The Labute approximate surface area is 113 Å². The Morgan fingerprint density at radius 2 is 2.10 bits per heavy atom. The van der Waals surface area contributed by atoms with Gasteiger partial charge in [-0.25, -0.2) is 4.98 Å². The van der Waals surface area contributed by atoms with Crippen LogP contribution in [0.3, 0.4) is 0 Å². The first-order chi connectivity index (χ1) is 9.56. The molecule has 0 bridgehead atoms. The van der Waals surface area contributed by atoms with E-state index in [2.05, 4.69) is 15.2 Å². The molecule has 0 saturated carbocycles. The number of nitrogens with one attached hydrogen (secondary N) is 1. The number of rotatable bonds is 4. The number of aromatic nitrogens is 1. The smallest absolute Gasteiger partial charge is 0.348 e. The normalized spacial score (nSPS) is 10.8.